The Hall–Kier alpha value is 0.0969. The molecular weight excluding hydrogens is 220 g/mol. The van der Waals surface area contributed by atoms with Crippen LogP contribution in [0, 0.1) is 5.41 Å². The molecule has 0 saturated heterocycles. The molecule has 0 spiro atoms. The molecule has 0 fully saturated rings. The lowest BCUT2D eigenvalue weighted by Crippen LogP contribution is -2.53. The smallest absolute Gasteiger partial charge is 0.374 e. The third kappa shape index (κ3) is 4.16. The van der Waals surface area contributed by atoms with Gasteiger partial charge in [-0.25, -0.2) is 0 Å². The van der Waals surface area contributed by atoms with Crippen LogP contribution in [0.1, 0.15) is 48.5 Å². The van der Waals surface area contributed by atoms with E-state index in [2.05, 4.69) is 27.7 Å². The molecule has 0 heterocycles. The zero-order valence-electron chi connectivity index (χ0n) is 11.9. The van der Waals surface area contributed by atoms with Gasteiger partial charge in [-0.15, -0.1) is 0 Å². The van der Waals surface area contributed by atoms with Crippen molar-refractivity contribution in [3.05, 3.63) is 0 Å². The van der Waals surface area contributed by atoms with Crippen molar-refractivity contribution in [3.8, 4) is 0 Å². The molecule has 0 aromatic rings. The quantitative estimate of drug-likeness (QED) is 0.646. The molecule has 98 valence electrons. The average Bonchev–Trinajstić information content (AvgIpc) is 2.16. The molecule has 4 heteroatoms. The maximum atomic E-state index is 5.89. The Morgan fingerprint density at radius 3 is 1.38 bits per heavy atom. The monoisotopic (exact) mass is 248 g/mol. The van der Waals surface area contributed by atoms with Gasteiger partial charge in [-0.2, -0.15) is 0 Å². The first-order chi connectivity index (χ1) is 7.34. The minimum Gasteiger partial charge on any atom is -0.374 e. The Bertz CT molecular complexity index is 172. The van der Waals surface area contributed by atoms with E-state index in [1.54, 1.807) is 0 Å². The Balaban J connectivity index is 4.98. The largest absolute Gasteiger partial charge is 0.504 e. The van der Waals surface area contributed by atoms with Crippen molar-refractivity contribution in [2.75, 3.05) is 19.8 Å². The molecule has 0 aliphatic carbocycles. The van der Waals surface area contributed by atoms with Crippen molar-refractivity contribution in [2.24, 2.45) is 5.41 Å². The lowest BCUT2D eigenvalue weighted by atomic mass is 9.93. The fourth-order valence-corrected chi connectivity index (χ4v) is 4.90. The minimum absolute atomic E-state index is 0.131. The van der Waals surface area contributed by atoms with Crippen molar-refractivity contribution < 1.29 is 13.3 Å². The highest BCUT2D eigenvalue weighted by molar-refractivity contribution is 6.62. The van der Waals surface area contributed by atoms with Gasteiger partial charge in [0.05, 0.1) is 0 Å². The fourth-order valence-electron chi connectivity index (χ4n) is 1.63. The van der Waals surface area contributed by atoms with Crippen LogP contribution < -0.4 is 0 Å². The molecule has 0 amide bonds. The van der Waals surface area contributed by atoms with E-state index in [1.807, 2.05) is 20.8 Å². The van der Waals surface area contributed by atoms with Crippen LogP contribution in [0.4, 0.5) is 0 Å². The maximum absolute atomic E-state index is 5.89. The number of hydrogen-bond acceptors (Lipinski definition) is 3. The van der Waals surface area contributed by atoms with Crippen molar-refractivity contribution >= 4 is 8.80 Å². The molecule has 0 aromatic carbocycles. The van der Waals surface area contributed by atoms with Gasteiger partial charge in [0, 0.05) is 25.4 Å². The van der Waals surface area contributed by atoms with Crippen molar-refractivity contribution in [1.29, 1.82) is 0 Å². The summed E-state index contributed by atoms with van der Waals surface area (Å²) < 4.78 is 17.7. The summed E-state index contributed by atoms with van der Waals surface area (Å²) in [7, 11) is -2.53. The normalized spacial score (nSPS) is 15.2. The summed E-state index contributed by atoms with van der Waals surface area (Å²) in [5.74, 6) is 0. The van der Waals surface area contributed by atoms with Crippen LogP contribution in [0.5, 0.6) is 0 Å². The highest BCUT2D eigenvalue weighted by Gasteiger charge is 2.51. The van der Waals surface area contributed by atoms with E-state index >= 15 is 0 Å². The van der Waals surface area contributed by atoms with Gasteiger partial charge in [0.15, 0.2) is 0 Å². The van der Waals surface area contributed by atoms with Gasteiger partial charge in [-0.1, -0.05) is 27.7 Å². The summed E-state index contributed by atoms with van der Waals surface area (Å²) in [5.41, 5.74) is 0.422. The van der Waals surface area contributed by atoms with Gasteiger partial charge in [-0.3, -0.25) is 0 Å². The lowest BCUT2D eigenvalue weighted by Gasteiger charge is -2.39. The molecule has 0 aliphatic heterocycles. The van der Waals surface area contributed by atoms with Gasteiger partial charge in [0.1, 0.15) is 0 Å². The summed E-state index contributed by atoms with van der Waals surface area (Å²) in [6.45, 7) is 16.7. The predicted octanol–water partition coefficient (Wildman–Crippen LogP) is 3.47. The minimum atomic E-state index is -2.53. The van der Waals surface area contributed by atoms with Crippen LogP contribution in [0.3, 0.4) is 0 Å². The first-order valence-corrected chi connectivity index (χ1v) is 8.06. The van der Waals surface area contributed by atoms with Crippen LogP contribution in [0.25, 0.3) is 0 Å². The van der Waals surface area contributed by atoms with E-state index in [9.17, 15) is 0 Å². The standard InChI is InChI=1S/C12H28O3Si/c1-8-13-16(14-9-2,15-10-3)11(4)12(5,6)7/h11H,8-10H2,1-7H3. The van der Waals surface area contributed by atoms with Gasteiger partial charge in [0.25, 0.3) is 0 Å². The molecule has 0 rings (SSSR count). The molecule has 0 aliphatic rings. The summed E-state index contributed by atoms with van der Waals surface area (Å²) >= 11 is 0. The predicted molar refractivity (Wildman–Crippen MR) is 69.5 cm³/mol. The number of hydrogen-bond donors (Lipinski definition) is 0. The Morgan fingerprint density at radius 1 is 0.875 bits per heavy atom. The zero-order chi connectivity index (χ0) is 12.8. The van der Waals surface area contributed by atoms with Crippen molar-refractivity contribution in [2.45, 2.75) is 54.0 Å². The molecule has 0 N–H and O–H groups in total. The van der Waals surface area contributed by atoms with E-state index in [0.29, 0.717) is 25.4 Å². The van der Waals surface area contributed by atoms with Gasteiger partial charge in [0.2, 0.25) is 0 Å². The first-order valence-electron chi connectivity index (χ1n) is 6.25. The summed E-state index contributed by atoms with van der Waals surface area (Å²) in [4.78, 5) is 0. The van der Waals surface area contributed by atoms with E-state index in [-0.39, 0.29) is 5.41 Å². The second-order valence-corrected chi connectivity index (χ2v) is 7.93. The molecule has 1 atom stereocenters. The van der Waals surface area contributed by atoms with Crippen LogP contribution in [-0.4, -0.2) is 28.6 Å². The summed E-state index contributed by atoms with van der Waals surface area (Å²) in [6.07, 6.45) is 0. The Morgan fingerprint density at radius 2 is 1.19 bits per heavy atom. The third-order valence-electron chi connectivity index (χ3n) is 2.87. The zero-order valence-corrected chi connectivity index (χ0v) is 12.9. The molecule has 3 nitrogen and oxygen atoms in total. The van der Waals surface area contributed by atoms with Crippen LogP contribution in [0.2, 0.25) is 5.54 Å². The van der Waals surface area contributed by atoms with Gasteiger partial charge in [-0.05, 0) is 26.2 Å². The van der Waals surface area contributed by atoms with Crippen molar-refractivity contribution in [3.63, 3.8) is 0 Å². The second-order valence-electron chi connectivity index (χ2n) is 4.99. The molecule has 0 saturated carbocycles. The highest BCUT2D eigenvalue weighted by Crippen LogP contribution is 2.40. The molecule has 1 unspecified atom stereocenters. The third-order valence-corrected chi connectivity index (χ3v) is 6.87. The maximum Gasteiger partial charge on any atom is 0.504 e. The van der Waals surface area contributed by atoms with Crippen molar-refractivity contribution in [1.82, 2.24) is 0 Å². The molecule has 0 bridgehead atoms. The second kappa shape index (κ2) is 6.74. The number of rotatable bonds is 7. The molecular formula is C12H28O3Si. The van der Waals surface area contributed by atoms with Crippen LogP contribution in [-0.2, 0) is 13.3 Å². The molecule has 16 heavy (non-hydrogen) atoms. The lowest BCUT2D eigenvalue weighted by molar-refractivity contribution is 0.0493. The fraction of sp³-hybridized carbons (Fsp3) is 1.00. The SMILES string of the molecule is CCO[Si](OCC)(OCC)C(C)C(C)(C)C. The van der Waals surface area contributed by atoms with Crippen LogP contribution >= 0.6 is 0 Å². The van der Waals surface area contributed by atoms with E-state index < -0.39 is 8.80 Å². The van der Waals surface area contributed by atoms with Gasteiger partial charge < -0.3 is 13.3 Å². The summed E-state index contributed by atoms with van der Waals surface area (Å²) in [6, 6.07) is 0. The molecule has 0 radical (unpaired) electrons. The average molecular weight is 248 g/mol. The Labute approximate surface area is 102 Å². The van der Waals surface area contributed by atoms with E-state index in [0.717, 1.165) is 0 Å². The van der Waals surface area contributed by atoms with Gasteiger partial charge >= 0.3 is 8.80 Å². The van der Waals surface area contributed by atoms with E-state index in [4.69, 9.17) is 13.3 Å². The topological polar surface area (TPSA) is 27.7 Å². The first kappa shape index (κ1) is 16.1. The van der Waals surface area contributed by atoms with Crippen LogP contribution in [0.15, 0.2) is 0 Å². The molecule has 0 aromatic heterocycles. The summed E-state index contributed by atoms with van der Waals surface area (Å²) in [5, 5.41) is 0. The highest BCUT2D eigenvalue weighted by atomic mass is 28.4. The Kier molecular flexibility index (Phi) is 6.78. The van der Waals surface area contributed by atoms with E-state index in [1.165, 1.54) is 0 Å².